The van der Waals surface area contributed by atoms with Crippen molar-refractivity contribution < 1.29 is 14.3 Å². The highest BCUT2D eigenvalue weighted by atomic mass is 79.9. The number of nitrogens with zero attached hydrogens (tertiary/aromatic N) is 2. The van der Waals surface area contributed by atoms with Crippen LogP contribution in [0.15, 0.2) is 39.8 Å². The summed E-state index contributed by atoms with van der Waals surface area (Å²) in [6, 6.07) is 9.24. The van der Waals surface area contributed by atoms with Crippen LogP contribution < -0.4 is 4.80 Å². The Labute approximate surface area is 164 Å². The van der Waals surface area contributed by atoms with Crippen LogP contribution in [0.25, 0.3) is 10.2 Å². The van der Waals surface area contributed by atoms with E-state index in [0.29, 0.717) is 9.14 Å². The largest absolute Gasteiger partial charge is 0.468 e. The zero-order valence-corrected chi connectivity index (χ0v) is 17.0. The minimum absolute atomic E-state index is 0.00489. The van der Waals surface area contributed by atoms with Crippen LogP contribution in [-0.4, -0.2) is 23.6 Å². The number of hydrogen-bond donors (Lipinski definition) is 0. The SMILES string of the molecule is COC(=O)Cn1c(=NC(=O)Cc2ccc(Cl)s2)sc2cc(Br)ccc21. The number of rotatable bonds is 4. The lowest BCUT2D eigenvalue weighted by Crippen LogP contribution is -2.22. The average Bonchev–Trinajstić information content (AvgIpc) is 3.10. The molecule has 0 spiro atoms. The Hall–Kier alpha value is -1.48. The van der Waals surface area contributed by atoms with Crippen molar-refractivity contribution in [2.24, 2.45) is 4.99 Å². The van der Waals surface area contributed by atoms with Crippen molar-refractivity contribution in [1.29, 1.82) is 0 Å². The number of carbonyl (C=O) groups is 2. The maximum atomic E-state index is 12.3. The average molecular weight is 460 g/mol. The zero-order chi connectivity index (χ0) is 18.0. The van der Waals surface area contributed by atoms with Gasteiger partial charge in [-0.15, -0.1) is 11.3 Å². The van der Waals surface area contributed by atoms with Gasteiger partial charge in [0.05, 0.1) is 28.1 Å². The molecule has 0 aliphatic carbocycles. The topological polar surface area (TPSA) is 60.7 Å². The van der Waals surface area contributed by atoms with Gasteiger partial charge in [0.15, 0.2) is 4.80 Å². The van der Waals surface area contributed by atoms with Crippen LogP contribution in [0.2, 0.25) is 4.34 Å². The van der Waals surface area contributed by atoms with Gasteiger partial charge in [0.2, 0.25) is 0 Å². The number of amides is 1. The van der Waals surface area contributed by atoms with Gasteiger partial charge in [0, 0.05) is 9.35 Å². The second-order valence-electron chi connectivity index (χ2n) is 5.05. The number of thiophene rings is 1. The summed E-state index contributed by atoms with van der Waals surface area (Å²) in [6.07, 6.45) is 0.174. The molecule has 0 radical (unpaired) electrons. The second-order valence-corrected chi connectivity index (χ2v) is 8.77. The molecule has 2 aromatic heterocycles. The van der Waals surface area contributed by atoms with Crippen LogP contribution >= 0.6 is 50.2 Å². The quantitative estimate of drug-likeness (QED) is 0.554. The van der Waals surface area contributed by atoms with Crippen LogP contribution in [0.3, 0.4) is 0 Å². The van der Waals surface area contributed by atoms with Crippen LogP contribution in [0, 0.1) is 0 Å². The van der Waals surface area contributed by atoms with E-state index in [2.05, 4.69) is 20.9 Å². The molecule has 1 amide bonds. The lowest BCUT2D eigenvalue weighted by atomic mass is 10.3. The van der Waals surface area contributed by atoms with E-state index < -0.39 is 5.97 Å². The minimum Gasteiger partial charge on any atom is -0.468 e. The molecule has 0 aliphatic rings. The molecule has 3 rings (SSSR count). The fourth-order valence-corrected chi connectivity index (χ4v) is 4.90. The maximum Gasteiger partial charge on any atom is 0.325 e. The van der Waals surface area contributed by atoms with E-state index in [9.17, 15) is 9.59 Å². The number of esters is 1. The number of aromatic nitrogens is 1. The van der Waals surface area contributed by atoms with E-state index in [1.54, 1.807) is 10.6 Å². The fourth-order valence-electron chi connectivity index (χ4n) is 2.22. The summed E-state index contributed by atoms with van der Waals surface area (Å²) in [7, 11) is 1.33. The van der Waals surface area contributed by atoms with Gasteiger partial charge in [-0.1, -0.05) is 38.9 Å². The molecule has 3 aromatic rings. The number of thiazole rings is 1. The Bertz CT molecular complexity index is 1020. The summed E-state index contributed by atoms with van der Waals surface area (Å²) in [5.74, 6) is -0.690. The fraction of sp³-hybridized carbons (Fsp3) is 0.188. The Morgan fingerprint density at radius 3 is 2.76 bits per heavy atom. The van der Waals surface area contributed by atoms with Gasteiger partial charge in [0.25, 0.3) is 5.91 Å². The van der Waals surface area contributed by atoms with Gasteiger partial charge in [0.1, 0.15) is 6.54 Å². The predicted molar refractivity (Wildman–Crippen MR) is 103 cm³/mol. The van der Waals surface area contributed by atoms with Crippen LogP contribution in [0.5, 0.6) is 0 Å². The Balaban J connectivity index is 2.02. The third-order valence-electron chi connectivity index (χ3n) is 3.33. The first-order valence-electron chi connectivity index (χ1n) is 7.14. The Morgan fingerprint density at radius 2 is 2.08 bits per heavy atom. The molecule has 1 aromatic carbocycles. The molecule has 0 aliphatic heterocycles. The first kappa shape index (κ1) is 18.3. The molecule has 130 valence electrons. The molecule has 25 heavy (non-hydrogen) atoms. The van der Waals surface area contributed by atoms with Crippen LogP contribution in [-0.2, 0) is 27.3 Å². The molecule has 9 heteroatoms. The predicted octanol–water partition coefficient (Wildman–Crippen LogP) is 4.02. The molecule has 0 unspecified atom stereocenters. The highest BCUT2D eigenvalue weighted by Gasteiger charge is 2.12. The number of carbonyl (C=O) groups excluding carboxylic acids is 2. The molecule has 0 saturated heterocycles. The van der Waals surface area contributed by atoms with Gasteiger partial charge in [-0.25, -0.2) is 0 Å². The highest BCUT2D eigenvalue weighted by Crippen LogP contribution is 2.23. The van der Waals surface area contributed by atoms with Gasteiger partial charge in [-0.05, 0) is 30.3 Å². The molecular weight excluding hydrogens is 448 g/mol. The van der Waals surface area contributed by atoms with Gasteiger partial charge < -0.3 is 9.30 Å². The molecule has 0 bridgehead atoms. The molecule has 0 atom stereocenters. The van der Waals surface area contributed by atoms with Gasteiger partial charge in [-0.3, -0.25) is 9.59 Å². The van der Waals surface area contributed by atoms with E-state index >= 15 is 0 Å². The number of fused-ring (bicyclic) bond motifs is 1. The number of benzene rings is 1. The van der Waals surface area contributed by atoms with Crippen LogP contribution in [0.4, 0.5) is 0 Å². The smallest absolute Gasteiger partial charge is 0.325 e. The number of hydrogen-bond acceptors (Lipinski definition) is 5. The molecule has 2 heterocycles. The summed E-state index contributed by atoms with van der Waals surface area (Å²) in [6.45, 7) is -0.00489. The third-order valence-corrected chi connectivity index (χ3v) is 6.10. The van der Waals surface area contributed by atoms with Crippen molar-refractivity contribution in [3.05, 3.63) is 48.8 Å². The van der Waals surface area contributed by atoms with E-state index in [1.165, 1.54) is 29.8 Å². The first-order chi connectivity index (χ1) is 12.0. The van der Waals surface area contributed by atoms with Crippen molar-refractivity contribution in [3.63, 3.8) is 0 Å². The van der Waals surface area contributed by atoms with Crippen molar-refractivity contribution in [1.82, 2.24) is 4.57 Å². The third kappa shape index (κ3) is 4.38. The zero-order valence-electron chi connectivity index (χ0n) is 13.0. The molecule has 5 nitrogen and oxygen atoms in total. The normalized spacial score (nSPS) is 11.9. The Morgan fingerprint density at radius 1 is 1.28 bits per heavy atom. The second kappa shape index (κ2) is 7.82. The molecule has 0 N–H and O–H groups in total. The summed E-state index contributed by atoms with van der Waals surface area (Å²) in [5.41, 5.74) is 0.823. The number of ether oxygens (including phenoxy) is 1. The lowest BCUT2D eigenvalue weighted by molar-refractivity contribution is -0.141. The summed E-state index contributed by atoms with van der Waals surface area (Å²) < 4.78 is 8.91. The number of methoxy groups -OCH3 is 1. The summed E-state index contributed by atoms with van der Waals surface area (Å²) >= 11 is 12.0. The minimum atomic E-state index is -0.401. The molecular formula is C16H12BrClN2O3S2. The summed E-state index contributed by atoms with van der Waals surface area (Å²) in [4.78, 5) is 29.6. The van der Waals surface area contributed by atoms with Gasteiger partial charge >= 0.3 is 5.97 Å². The summed E-state index contributed by atoms with van der Waals surface area (Å²) in [5, 5.41) is 0. The van der Waals surface area contributed by atoms with E-state index in [0.717, 1.165) is 19.6 Å². The van der Waals surface area contributed by atoms with Crippen LogP contribution in [0.1, 0.15) is 4.88 Å². The Kier molecular flexibility index (Phi) is 5.73. The lowest BCUT2D eigenvalue weighted by Gasteiger charge is -2.03. The molecule has 0 saturated carbocycles. The highest BCUT2D eigenvalue weighted by molar-refractivity contribution is 9.10. The monoisotopic (exact) mass is 458 g/mol. The standard InChI is InChI=1S/C16H12BrClN2O3S2/c1-23-15(22)8-20-11-4-2-9(17)6-12(11)25-16(20)19-14(21)7-10-3-5-13(18)24-10/h2-6H,7-8H2,1H3. The molecule has 0 fully saturated rings. The number of halogens is 2. The maximum absolute atomic E-state index is 12.3. The van der Waals surface area contributed by atoms with E-state index in [-0.39, 0.29) is 18.9 Å². The van der Waals surface area contributed by atoms with Crippen molar-refractivity contribution >= 4 is 72.3 Å². The van der Waals surface area contributed by atoms with E-state index in [1.807, 2.05) is 24.3 Å². The van der Waals surface area contributed by atoms with Gasteiger partial charge in [-0.2, -0.15) is 4.99 Å². The first-order valence-corrected chi connectivity index (χ1v) is 9.94. The van der Waals surface area contributed by atoms with Crippen molar-refractivity contribution in [2.45, 2.75) is 13.0 Å². The van der Waals surface area contributed by atoms with Crippen molar-refractivity contribution in [3.8, 4) is 0 Å². The van der Waals surface area contributed by atoms with Crippen molar-refractivity contribution in [2.75, 3.05) is 7.11 Å². The van der Waals surface area contributed by atoms with E-state index in [4.69, 9.17) is 16.3 Å².